The van der Waals surface area contributed by atoms with Crippen molar-refractivity contribution in [1.29, 1.82) is 0 Å². The van der Waals surface area contributed by atoms with Crippen LogP contribution in [0.5, 0.6) is 0 Å². The van der Waals surface area contributed by atoms with Gasteiger partial charge in [-0.2, -0.15) is 13.2 Å². The Balaban J connectivity index is 1.04. The second-order valence-corrected chi connectivity index (χ2v) is 12.1. The maximum atomic E-state index is 13.9. The van der Waals surface area contributed by atoms with E-state index in [1.54, 1.807) is 23.2 Å². The summed E-state index contributed by atoms with van der Waals surface area (Å²) in [6.45, 7) is 0.835. The average molecular weight is 626 g/mol. The van der Waals surface area contributed by atoms with Gasteiger partial charge in [-0.1, -0.05) is 91.7 Å². The lowest BCUT2D eigenvalue weighted by atomic mass is 10.0. The molecule has 46 heavy (non-hydrogen) atoms. The molecule has 0 bridgehead atoms. The van der Waals surface area contributed by atoms with Crippen LogP contribution in [-0.4, -0.2) is 37.5 Å². The number of amides is 1. The van der Waals surface area contributed by atoms with Gasteiger partial charge < -0.3 is 14.7 Å². The van der Waals surface area contributed by atoms with Gasteiger partial charge in [-0.15, -0.1) is 0 Å². The highest BCUT2D eigenvalue weighted by molar-refractivity contribution is 5.72. The van der Waals surface area contributed by atoms with Crippen LogP contribution < -0.4 is 0 Å². The van der Waals surface area contributed by atoms with E-state index in [9.17, 15) is 18.0 Å². The van der Waals surface area contributed by atoms with E-state index in [0.29, 0.717) is 17.9 Å². The minimum atomic E-state index is -4.51. The molecule has 2 aliphatic rings. The maximum Gasteiger partial charge on any atom is 0.433 e. The Kier molecular flexibility index (Phi) is 8.11. The molecule has 2 aromatic heterocycles. The van der Waals surface area contributed by atoms with Crippen LogP contribution in [0.25, 0.3) is 33.6 Å². The molecular weight excluding hydrogens is 591 g/mol. The number of carbonyl (C=O) groups excluding carboxylic acids is 1. The maximum absolute atomic E-state index is 13.9. The predicted molar refractivity (Wildman–Crippen MR) is 169 cm³/mol. The van der Waals surface area contributed by atoms with Gasteiger partial charge in [0.05, 0.1) is 17.9 Å². The molecule has 1 saturated heterocycles. The van der Waals surface area contributed by atoms with E-state index < -0.39 is 11.9 Å². The molecule has 1 atom stereocenters. The Morgan fingerprint density at radius 2 is 1.46 bits per heavy atom. The average Bonchev–Trinajstić information content (AvgIpc) is 3.90. The minimum Gasteiger partial charge on any atom is -0.445 e. The quantitative estimate of drug-likeness (QED) is 0.189. The zero-order valence-corrected chi connectivity index (χ0v) is 25.2. The summed E-state index contributed by atoms with van der Waals surface area (Å²) >= 11 is 0. The molecule has 5 aromatic rings. The summed E-state index contributed by atoms with van der Waals surface area (Å²) in [5.41, 5.74) is 4.13. The summed E-state index contributed by atoms with van der Waals surface area (Å²) in [5, 5.41) is 0. The lowest BCUT2D eigenvalue weighted by Crippen LogP contribution is -2.31. The van der Waals surface area contributed by atoms with Gasteiger partial charge in [-0.3, -0.25) is 4.90 Å². The van der Waals surface area contributed by atoms with Crippen LogP contribution in [0.1, 0.15) is 73.4 Å². The number of likely N-dealkylation sites (tertiary alicyclic amines) is 1. The Morgan fingerprint density at radius 1 is 0.804 bits per heavy atom. The van der Waals surface area contributed by atoms with Crippen LogP contribution in [0, 0.1) is 0 Å². The number of carbonyl (C=O) groups is 1. The van der Waals surface area contributed by atoms with Gasteiger partial charge in [0.15, 0.2) is 0 Å². The number of aromatic nitrogens is 4. The Hall–Kier alpha value is -4.86. The van der Waals surface area contributed by atoms with Crippen LogP contribution in [0.2, 0.25) is 0 Å². The van der Waals surface area contributed by atoms with Crippen molar-refractivity contribution in [3.63, 3.8) is 0 Å². The standard InChI is InChI=1S/C36H34F3N5O2/c37-36(38,39)32-31(42-33(43-32)28-9-4-5-10-28)27-18-14-25(15-19-27)24-12-16-26(17-13-24)29-21-40-34(41-29)30-11-6-20-44(30)35(45)46-22-23-7-2-1-3-8-23/h1-3,7-8,12-19,21,28,30H,4-6,9-11,20,22H2,(H,40,41)(H,42,43)/t30-/m0/s1. The number of nitrogens with zero attached hydrogens (tertiary/aromatic N) is 3. The van der Waals surface area contributed by atoms with Crippen molar-refractivity contribution in [3.8, 4) is 33.6 Å². The first-order chi connectivity index (χ1) is 22.3. The second kappa shape index (κ2) is 12.5. The molecule has 3 aromatic carbocycles. The monoisotopic (exact) mass is 625 g/mol. The largest absolute Gasteiger partial charge is 0.445 e. The van der Waals surface area contributed by atoms with Gasteiger partial charge in [-0.25, -0.2) is 14.8 Å². The molecule has 3 heterocycles. The predicted octanol–water partition coefficient (Wildman–Crippen LogP) is 9.28. The normalized spacial score (nSPS) is 17.1. The highest BCUT2D eigenvalue weighted by Gasteiger charge is 2.38. The highest BCUT2D eigenvalue weighted by Crippen LogP contribution is 2.40. The third-order valence-corrected chi connectivity index (χ3v) is 9.04. The number of hydrogen-bond donors (Lipinski definition) is 2. The number of halogens is 3. The van der Waals surface area contributed by atoms with Crippen LogP contribution in [0.3, 0.4) is 0 Å². The summed E-state index contributed by atoms with van der Waals surface area (Å²) in [6, 6.07) is 24.4. The molecule has 1 amide bonds. The Bertz CT molecular complexity index is 1790. The Labute approximate surface area is 264 Å². The minimum absolute atomic E-state index is 0.0448. The van der Waals surface area contributed by atoms with Gasteiger partial charge in [0.2, 0.25) is 0 Å². The number of nitrogens with one attached hydrogen (secondary N) is 2. The topological polar surface area (TPSA) is 86.9 Å². The zero-order chi connectivity index (χ0) is 31.7. The van der Waals surface area contributed by atoms with Gasteiger partial charge in [0, 0.05) is 18.0 Å². The van der Waals surface area contributed by atoms with E-state index in [2.05, 4.69) is 19.9 Å². The number of imidazole rings is 2. The van der Waals surface area contributed by atoms with E-state index in [-0.39, 0.29) is 30.4 Å². The van der Waals surface area contributed by atoms with Gasteiger partial charge in [0.25, 0.3) is 0 Å². The number of aromatic amines is 2. The molecule has 2 fully saturated rings. The Morgan fingerprint density at radius 3 is 2.13 bits per heavy atom. The molecular formula is C36H34F3N5O2. The number of rotatable bonds is 7. The fourth-order valence-electron chi connectivity index (χ4n) is 6.59. The molecule has 0 unspecified atom stereocenters. The fourth-order valence-corrected chi connectivity index (χ4v) is 6.59. The van der Waals surface area contributed by atoms with Crippen LogP contribution in [0.15, 0.2) is 85.1 Å². The first-order valence-electron chi connectivity index (χ1n) is 15.7. The van der Waals surface area contributed by atoms with E-state index in [1.807, 2.05) is 66.7 Å². The fraction of sp³-hybridized carbons (Fsp3) is 0.306. The van der Waals surface area contributed by atoms with Crippen molar-refractivity contribution < 1.29 is 22.7 Å². The van der Waals surface area contributed by atoms with E-state index in [1.165, 1.54) is 0 Å². The lowest BCUT2D eigenvalue weighted by Gasteiger charge is -2.22. The number of H-pyrrole nitrogens is 2. The molecule has 0 radical (unpaired) electrons. The third kappa shape index (κ3) is 6.16. The van der Waals surface area contributed by atoms with Crippen molar-refractivity contribution in [2.45, 2.75) is 63.3 Å². The summed E-state index contributed by atoms with van der Waals surface area (Å²) in [4.78, 5) is 29.6. The van der Waals surface area contributed by atoms with Gasteiger partial charge in [-0.05, 0) is 47.9 Å². The smallest absolute Gasteiger partial charge is 0.433 e. The van der Waals surface area contributed by atoms with Crippen LogP contribution in [0.4, 0.5) is 18.0 Å². The first-order valence-corrected chi connectivity index (χ1v) is 15.7. The van der Waals surface area contributed by atoms with Crippen molar-refractivity contribution in [2.24, 2.45) is 0 Å². The van der Waals surface area contributed by atoms with Gasteiger partial charge >= 0.3 is 12.3 Å². The van der Waals surface area contributed by atoms with E-state index >= 15 is 0 Å². The molecule has 7 rings (SSSR count). The van der Waals surface area contributed by atoms with Crippen molar-refractivity contribution in [1.82, 2.24) is 24.8 Å². The van der Waals surface area contributed by atoms with Crippen LogP contribution >= 0.6 is 0 Å². The number of alkyl halides is 3. The highest BCUT2D eigenvalue weighted by atomic mass is 19.4. The van der Waals surface area contributed by atoms with Crippen molar-refractivity contribution >= 4 is 6.09 Å². The number of ether oxygens (including phenoxy) is 1. The molecule has 7 nitrogen and oxygen atoms in total. The molecule has 2 N–H and O–H groups in total. The van der Waals surface area contributed by atoms with Crippen molar-refractivity contribution in [2.75, 3.05) is 6.54 Å². The van der Waals surface area contributed by atoms with E-state index in [0.717, 1.165) is 72.3 Å². The molecule has 1 aliphatic carbocycles. The van der Waals surface area contributed by atoms with E-state index in [4.69, 9.17) is 4.74 Å². The third-order valence-electron chi connectivity index (χ3n) is 9.04. The summed E-state index contributed by atoms with van der Waals surface area (Å²) in [7, 11) is 0. The van der Waals surface area contributed by atoms with Crippen LogP contribution in [-0.2, 0) is 17.5 Å². The van der Waals surface area contributed by atoms with Gasteiger partial charge in [0.1, 0.15) is 29.6 Å². The van der Waals surface area contributed by atoms with Crippen molar-refractivity contribution in [3.05, 3.63) is 108 Å². The second-order valence-electron chi connectivity index (χ2n) is 12.1. The molecule has 236 valence electrons. The summed E-state index contributed by atoms with van der Waals surface area (Å²) in [6.07, 6.45) is 2.33. The lowest BCUT2D eigenvalue weighted by molar-refractivity contribution is -0.140. The molecule has 1 aliphatic heterocycles. The molecule has 1 saturated carbocycles. The number of benzene rings is 3. The zero-order valence-electron chi connectivity index (χ0n) is 25.2. The summed E-state index contributed by atoms with van der Waals surface area (Å²) < 4.78 is 47.2. The SMILES string of the molecule is O=C(OCc1ccccc1)N1CCC[C@H]1c1ncc(-c2ccc(-c3ccc(-c4nc(C5CCCC5)[nH]c4C(F)(F)F)cc3)cc2)[nH]1. The molecule has 0 spiro atoms. The summed E-state index contributed by atoms with van der Waals surface area (Å²) in [5.74, 6) is 1.21. The number of hydrogen-bond acceptors (Lipinski definition) is 4. The molecule has 10 heteroatoms. The first kappa shape index (κ1) is 29.8.